The van der Waals surface area contributed by atoms with Crippen LogP contribution in [0.3, 0.4) is 0 Å². The Morgan fingerprint density at radius 2 is 2.13 bits per heavy atom. The van der Waals surface area contributed by atoms with E-state index in [1.165, 1.54) is 0 Å². The van der Waals surface area contributed by atoms with Crippen LogP contribution in [0, 0.1) is 0 Å². The lowest BCUT2D eigenvalue weighted by Crippen LogP contribution is -1.85. The zero-order valence-electron chi connectivity index (χ0n) is 7.65. The van der Waals surface area contributed by atoms with Gasteiger partial charge in [-0.25, -0.2) is 0 Å². The van der Waals surface area contributed by atoms with E-state index in [4.69, 9.17) is 16.3 Å². The van der Waals surface area contributed by atoms with Crippen LogP contribution in [0.4, 0.5) is 0 Å². The van der Waals surface area contributed by atoms with Crippen molar-refractivity contribution in [1.82, 2.24) is 4.98 Å². The Hall–Kier alpha value is -1.06. The van der Waals surface area contributed by atoms with E-state index in [1.807, 2.05) is 12.1 Å². The summed E-state index contributed by atoms with van der Waals surface area (Å²) in [5.74, 6) is 1.41. The SMILES string of the molecule is Clc1ccc(Oc2cccnc2)c(Br)c1. The first-order valence-electron chi connectivity index (χ1n) is 4.28. The highest BCUT2D eigenvalue weighted by Gasteiger charge is 2.02. The summed E-state index contributed by atoms with van der Waals surface area (Å²) in [6, 6.07) is 9.03. The van der Waals surface area contributed by atoms with E-state index in [-0.39, 0.29) is 0 Å². The molecular formula is C11H7BrClNO. The van der Waals surface area contributed by atoms with Gasteiger partial charge in [0.25, 0.3) is 0 Å². The quantitative estimate of drug-likeness (QED) is 0.821. The highest BCUT2D eigenvalue weighted by molar-refractivity contribution is 9.10. The lowest BCUT2D eigenvalue weighted by molar-refractivity contribution is 0.477. The number of nitrogens with zero attached hydrogens (tertiary/aromatic N) is 1. The van der Waals surface area contributed by atoms with E-state index in [1.54, 1.807) is 30.6 Å². The van der Waals surface area contributed by atoms with Crippen molar-refractivity contribution in [2.24, 2.45) is 0 Å². The summed E-state index contributed by atoms with van der Waals surface area (Å²) in [5, 5.41) is 0.667. The van der Waals surface area contributed by atoms with Crippen molar-refractivity contribution in [2.75, 3.05) is 0 Å². The van der Waals surface area contributed by atoms with Crippen molar-refractivity contribution in [2.45, 2.75) is 0 Å². The second-order valence-corrected chi connectivity index (χ2v) is 4.16. The molecule has 2 nitrogen and oxygen atoms in total. The third kappa shape index (κ3) is 2.70. The molecule has 1 heterocycles. The van der Waals surface area contributed by atoms with Crippen molar-refractivity contribution >= 4 is 27.5 Å². The molecular weight excluding hydrogens is 277 g/mol. The van der Waals surface area contributed by atoms with Crippen LogP contribution >= 0.6 is 27.5 Å². The average Bonchev–Trinajstić information content (AvgIpc) is 2.24. The third-order valence-corrected chi connectivity index (χ3v) is 2.61. The Balaban J connectivity index is 2.25. The number of pyridine rings is 1. The van der Waals surface area contributed by atoms with E-state index >= 15 is 0 Å². The van der Waals surface area contributed by atoms with Gasteiger partial charge in [0.15, 0.2) is 0 Å². The summed E-state index contributed by atoms with van der Waals surface area (Å²) < 4.78 is 6.41. The predicted octanol–water partition coefficient (Wildman–Crippen LogP) is 4.29. The Bertz CT molecular complexity index is 461. The molecule has 2 rings (SSSR count). The number of hydrogen-bond donors (Lipinski definition) is 0. The van der Waals surface area contributed by atoms with Crippen LogP contribution in [0.2, 0.25) is 5.02 Å². The van der Waals surface area contributed by atoms with Gasteiger partial charge in [-0.15, -0.1) is 0 Å². The van der Waals surface area contributed by atoms with Crippen LogP contribution in [0.5, 0.6) is 11.5 Å². The van der Waals surface area contributed by atoms with Crippen molar-refractivity contribution < 1.29 is 4.74 Å². The highest BCUT2D eigenvalue weighted by Crippen LogP contribution is 2.31. The smallest absolute Gasteiger partial charge is 0.145 e. The van der Waals surface area contributed by atoms with Gasteiger partial charge < -0.3 is 4.74 Å². The minimum Gasteiger partial charge on any atom is -0.455 e. The molecule has 0 atom stereocenters. The van der Waals surface area contributed by atoms with Gasteiger partial charge in [-0.2, -0.15) is 0 Å². The number of aromatic nitrogens is 1. The number of rotatable bonds is 2. The fourth-order valence-corrected chi connectivity index (χ4v) is 1.86. The van der Waals surface area contributed by atoms with E-state index < -0.39 is 0 Å². The molecule has 0 spiro atoms. The van der Waals surface area contributed by atoms with Gasteiger partial charge >= 0.3 is 0 Å². The van der Waals surface area contributed by atoms with Crippen LogP contribution in [0.15, 0.2) is 47.2 Å². The number of benzene rings is 1. The molecule has 2 aromatic rings. The fraction of sp³-hybridized carbons (Fsp3) is 0. The molecule has 4 heteroatoms. The van der Waals surface area contributed by atoms with Gasteiger partial charge in [0.1, 0.15) is 11.5 Å². The first kappa shape index (κ1) is 10.5. The topological polar surface area (TPSA) is 22.1 Å². The minimum absolute atomic E-state index is 0.667. The normalized spacial score (nSPS) is 10.0. The summed E-state index contributed by atoms with van der Waals surface area (Å²) in [6.07, 6.45) is 3.35. The van der Waals surface area contributed by atoms with Gasteiger partial charge in [-0.05, 0) is 46.3 Å². The summed E-state index contributed by atoms with van der Waals surface area (Å²) in [4.78, 5) is 3.96. The molecule has 1 aromatic heterocycles. The Morgan fingerprint density at radius 1 is 1.27 bits per heavy atom. The monoisotopic (exact) mass is 283 g/mol. The average molecular weight is 285 g/mol. The standard InChI is InChI=1S/C11H7BrClNO/c12-10-6-8(13)3-4-11(10)15-9-2-1-5-14-7-9/h1-7H. The van der Waals surface area contributed by atoms with E-state index in [0.717, 1.165) is 4.47 Å². The summed E-state index contributed by atoms with van der Waals surface area (Å²) >= 11 is 9.20. The van der Waals surface area contributed by atoms with Gasteiger partial charge in [-0.1, -0.05) is 11.6 Å². The van der Waals surface area contributed by atoms with Gasteiger partial charge in [0.05, 0.1) is 10.7 Å². The first-order valence-corrected chi connectivity index (χ1v) is 5.46. The van der Waals surface area contributed by atoms with Crippen LogP contribution in [0.25, 0.3) is 0 Å². The Labute approximate surface area is 101 Å². The fourth-order valence-electron chi connectivity index (χ4n) is 1.09. The maximum Gasteiger partial charge on any atom is 0.145 e. The van der Waals surface area contributed by atoms with Crippen LogP contribution < -0.4 is 4.74 Å². The van der Waals surface area contributed by atoms with Crippen molar-refractivity contribution in [3.63, 3.8) is 0 Å². The van der Waals surface area contributed by atoms with Gasteiger partial charge in [-0.3, -0.25) is 4.98 Å². The van der Waals surface area contributed by atoms with E-state index in [2.05, 4.69) is 20.9 Å². The summed E-state index contributed by atoms with van der Waals surface area (Å²) in [7, 11) is 0. The zero-order valence-corrected chi connectivity index (χ0v) is 9.99. The molecule has 15 heavy (non-hydrogen) atoms. The van der Waals surface area contributed by atoms with Crippen LogP contribution in [-0.4, -0.2) is 4.98 Å². The molecule has 0 N–H and O–H groups in total. The zero-order chi connectivity index (χ0) is 10.7. The lowest BCUT2D eigenvalue weighted by Gasteiger charge is -2.06. The second kappa shape index (κ2) is 4.64. The summed E-state index contributed by atoms with van der Waals surface area (Å²) in [5.41, 5.74) is 0. The van der Waals surface area contributed by atoms with Crippen molar-refractivity contribution in [1.29, 1.82) is 0 Å². The number of ether oxygens (including phenoxy) is 1. The molecule has 0 aliphatic heterocycles. The molecule has 0 unspecified atom stereocenters. The number of halogens is 2. The number of hydrogen-bond acceptors (Lipinski definition) is 2. The molecule has 0 aliphatic rings. The molecule has 0 fully saturated rings. The highest BCUT2D eigenvalue weighted by atomic mass is 79.9. The maximum atomic E-state index is 5.82. The molecule has 1 aromatic carbocycles. The molecule has 0 radical (unpaired) electrons. The molecule has 0 bridgehead atoms. The van der Waals surface area contributed by atoms with Gasteiger partial charge in [0, 0.05) is 11.2 Å². The summed E-state index contributed by atoms with van der Waals surface area (Å²) in [6.45, 7) is 0. The minimum atomic E-state index is 0.667. The van der Waals surface area contributed by atoms with E-state index in [9.17, 15) is 0 Å². The Morgan fingerprint density at radius 3 is 2.80 bits per heavy atom. The third-order valence-electron chi connectivity index (χ3n) is 1.76. The maximum absolute atomic E-state index is 5.82. The Kier molecular flexibility index (Phi) is 3.23. The molecule has 0 amide bonds. The molecule has 0 aliphatic carbocycles. The molecule has 0 saturated heterocycles. The second-order valence-electron chi connectivity index (χ2n) is 2.87. The lowest BCUT2D eigenvalue weighted by atomic mass is 10.3. The predicted molar refractivity (Wildman–Crippen MR) is 63.5 cm³/mol. The van der Waals surface area contributed by atoms with Crippen LogP contribution in [0.1, 0.15) is 0 Å². The van der Waals surface area contributed by atoms with Crippen LogP contribution in [-0.2, 0) is 0 Å². The van der Waals surface area contributed by atoms with Crippen molar-refractivity contribution in [3.8, 4) is 11.5 Å². The first-order chi connectivity index (χ1) is 7.25. The van der Waals surface area contributed by atoms with Gasteiger partial charge in [0.2, 0.25) is 0 Å². The van der Waals surface area contributed by atoms with E-state index in [0.29, 0.717) is 16.5 Å². The molecule has 0 saturated carbocycles. The van der Waals surface area contributed by atoms with Crippen molar-refractivity contribution in [3.05, 3.63) is 52.2 Å². The largest absolute Gasteiger partial charge is 0.455 e. The molecule has 76 valence electrons.